The molecule has 1 N–H and O–H groups in total. The number of rotatable bonds is 6. The van der Waals surface area contributed by atoms with E-state index in [-0.39, 0.29) is 0 Å². The van der Waals surface area contributed by atoms with E-state index in [4.69, 9.17) is 4.74 Å². The van der Waals surface area contributed by atoms with Gasteiger partial charge < -0.3 is 9.84 Å². The number of hydrogen-bond donors (Lipinski definition) is 1. The Balaban J connectivity index is 2.60. The molecule has 18 heavy (non-hydrogen) atoms. The molecule has 0 aromatic heterocycles. The molecule has 2 nitrogen and oxygen atoms in total. The van der Waals surface area contributed by atoms with Crippen LogP contribution in [0.3, 0.4) is 0 Å². The number of benzene rings is 1. The Labute approximate surface area is 104 Å². The van der Waals surface area contributed by atoms with E-state index in [0.29, 0.717) is 31.6 Å². The fourth-order valence-corrected chi connectivity index (χ4v) is 1.61. The third-order valence-corrected chi connectivity index (χ3v) is 2.57. The van der Waals surface area contributed by atoms with Gasteiger partial charge in [0.2, 0.25) is 0 Å². The molecule has 0 saturated carbocycles. The fraction of sp³-hybridized carbons (Fsp3) is 0.538. The highest BCUT2D eigenvalue weighted by atomic mass is 19.4. The van der Waals surface area contributed by atoms with Crippen molar-refractivity contribution < 1.29 is 23.0 Å². The number of halogens is 3. The Morgan fingerprint density at radius 2 is 2.06 bits per heavy atom. The molecule has 1 unspecified atom stereocenters. The molecule has 0 aliphatic heterocycles. The minimum atomic E-state index is -4.37. The summed E-state index contributed by atoms with van der Waals surface area (Å²) in [5.41, 5.74) is -0.440. The maximum Gasteiger partial charge on any atom is 0.416 e. The summed E-state index contributed by atoms with van der Waals surface area (Å²) in [4.78, 5) is 0. The van der Waals surface area contributed by atoms with E-state index in [0.717, 1.165) is 12.1 Å². The van der Waals surface area contributed by atoms with Crippen LogP contribution in [-0.2, 0) is 10.9 Å². The lowest BCUT2D eigenvalue weighted by Gasteiger charge is -2.13. The number of aliphatic hydroxyl groups is 1. The predicted octanol–water partition coefficient (Wildman–Crippen LogP) is 3.56. The van der Waals surface area contributed by atoms with Crippen LogP contribution in [0.1, 0.15) is 37.0 Å². The SMILES string of the molecule is CCOCCCC(O)c1cccc(C(F)(F)F)c1. The van der Waals surface area contributed by atoms with E-state index in [9.17, 15) is 18.3 Å². The van der Waals surface area contributed by atoms with Gasteiger partial charge in [-0.25, -0.2) is 0 Å². The van der Waals surface area contributed by atoms with Crippen LogP contribution in [0.25, 0.3) is 0 Å². The summed E-state index contributed by atoms with van der Waals surface area (Å²) in [7, 11) is 0. The minimum Gasteiger partial charge on any atom is -0.388 e. The molecule has 0 heterocycles. The minimum absolute atomic E-state index is 0.293. The van der Waals surface area contributed by atoms with Crippen LogP contribution < -0.4 is 0 Å². The quantitative estimate of drug-likeness (QED) is 0.794. The summed E-state index contributed by atoms with van der Waals surface area (Å²) in [6, 6.07) is 4.80. The van der Waals surface area contributed by atoms with E-state index in [2.05, 4.69) is 0 Å². The maximum atomic E-state index is 12.5. The van der Waals surface area contributed by atoms with Crippen molar-refractivity contribution in [1.29, 1.82) is 0 Å². The summed E-state index contributed by atoms with van der Waals surface area (Å²) in [6.45, 7) is 2.97. The maximum absolute atomic E-state index is 12.5. The second kappa shape index (κ2) is 6.75. The van der Waals surface area contributed by atoms with Gasteiger partial charge in [-0.05, 0) is 37.5 Å². The van der Waals surface area contributed by atoms with Gasteiger partial charge in [-0.3, -0.25) is 0 Å². The summed E-state index contributed by atoms with van der Waals surface area (Å²) in [5, 5.41) is 9.79. The zero-order valence-electron chi connectivity index (χ0n) is 10.2. The monoisotopic (exact) mass is 262 g/mol. The summed E-state index contributed by atoms with van der Waals surface area (Å²) in [5.74, 6) is 0. The van der Waals surface area contributed by atoms with Crippen LogP contribution in [0, 0.1) is 0 Å². The predicted molar refractivity (Wildman–Crippen MR) is 62.1 cm³/mol. The third-order valence-electron chi connectivity index (χ3n) is 2.57. The van der Waals surface area contributed by atoms with Crippen LogP contribution in [0.2, 0.25) is 0 Å². The molecule has 1 aromatic rings. The Morgan fingerprint density at radius 3 is 2.67 bits per heavy atom. The van der Waals surface area contributed by atoms with Gasteiger partial charge in [-0.15, -0.1) is 0 Å². The molecular formula is C13H17F3O2. The lowest BCUT2D eigenvalue weighted by atomic mass is 10.0. The van der Waals surface area contributed by atoms with Gasteiger partial charge >= 0.3 is 6.18 Å². The topological polar surface area (TPSA) is 29.5 Å². The largest absolute Gasteiger partial charge is 0.416 e. The first-order chi connectivity index (χ1) is 8.45. The van der Waals surface area contributed by atoms with Gasteiger partial charge in [0.15, 0.2) is 0 Å². The average molecular weight is 262 g/mol. The molecule has 102 valence electrons. The number of aliphatic hydroxyl groups excluding tert-OH is 1. The number of hydrogen-bond acceptors (Lipinski definition) is 2. The molecule has 0 aliphatic rings. The van der Waals surface area contributed by atoms with Crippen LogP contribution in [-0.4, -0.2) is 18.3 Å². The van der Waals surface area contributed by atoms with Crippen molar-refractivity contribution in [1.82, 2.24) is 0 Å². The molecule has 0 amide bonds. The van der Waals surface area contributed by atoms with E-state index < -0.39 is 17.8 Å². The van der Waals surface area contributed by atoms with Crippen molar-refractivity contribution in [2.24, 2.45) is 0 Å². The highest BCUT2D eigenvalue weighted by molar-refractivity contribution is 5.27. The standard InChI is InChI=1S/C13H17F3O2/c1-2-18-8-4-7-12(17)10-5-3-6-11(9-10)13(14,15)16/h3,5-6,9,12,17H,2,4,7-8H2,1H3. The van der Waals surface area contributed by atoms with Gasteiger partial charge in [0.05, 0.1) is 11.7 Å². The fourth-order valence-electron chi connectivity index (χ4n) is 1.61. The summed E-state index contributed by atoms with van der Waals surface area (Å²) < 4.78 is 42.6. The van der Waals surface area contributed by atoms with Gasteiger partial charge in [0.1, 0.15) is 0 Å². The molecule has 0 bridgehead atoms. The lowest BCUT2D eigenvalue weighted by molar-refractivity contribution is -0.137. The molecule has 5 heteroatoms. The molecule has 0 saturated heterocycles. The van der Waals surface area contributed by atoms with Crippen LogP contribution in [0.4, 0.5) is 13.2 Å². The van der Waals surface area contributed by atoms with Gasteiger partial charge in [0.25, 0.3) is 0 Å². The van der Waals surface area contributed by atoms with E-state index in [1.807, 2.05) is 6.92 Å². The van der Waals surface area contributed by atoms with Gasteiger partial charge in [-0.1, -0.05) is 12.1 Å². The Hall–Kier alpha value is -1.07. The normalized spacial score (nSPS) is 13.6. The molecule has 1 atom stereocenters. The van der Waals surface area contributed by atoms with Crippen LogP contribution >= 0.6 is 0 Å². The van der Waals surface area contributed by atoms with Crippen molar-refractivity contribution in [3.63, 3.8) is 0 Å². The van der Waals surface area contributed by atoms with Gasteiger partial charge in [0, 0.05) is 13.2 Å². The van der Waals surface area contributed by atoms with E-state index >= 15 is 0 Å². The Kier molecular flexibility index (Phi) is 5.62. The van der Waals surface area contributed by atoms with Crippen LogP contribution in [0.5, 0.6) is 0 Å². The molecular weight excluding hydrogens is 245 g/mol. The molecule has 0 radical (unpaired) electrons. The molecule has 0 aliphatic carbocycles. The van der Waals surface area contributed by atoms with Crippen LogP contribution in [0.15, 0.2) is 24.3 Å². The first kappa shape index (κ1) is 15.0. The zero-order valence-corrected chi connectivity index (χ0v) is 10.2. The highest BCUT2D eigenvalue weighted by Gasteiger charge is 2.30. The van der Waals surface area contributed by atoms with E-state index in [1.165, 1.54) is 12.1 Å². The smallest absolute Gasteiger partial charge is 0.388 e. The Morgan fingerprint density at radius 1 is 1.33 bits per heavy atom. The van der Waals surface area contributed by atoms with Gasteiger partial charge in [-0.2, -0.15) is 13.2 Å². The van der Waals surface area contributed by atoms with Crippen molar-refractivity contribution in [2.75, 3.05) is 13.2 Å². The van der Waals surface area contributed by atoms with Crippen molar-refractivity contribution in [3.05, 3.63) is 35.4 Å². The summed E-state index contributed by atoms with van der Waals surface area (Å²) in [6.07, 6.45) is -4.25. The van der Waals surface area contributed by atoms with Crippen molar-refractivity contribution in [3.8, 4) is 0 Å². The average Bonchev–Trinajstić information content (AvgIpc) is 2.33. The third kappa shape index (κ3) is 4.66. The van der Waals surface area contributed by atoms with Crippen molar-refractivity contribution >= 4 is 0 Å². The molecule has 1 rings (SSSR count). The molecule has 1 aromatic carbocycles. The van der Waals surface area contributed by atoms with E-state index in [1.54, 1.807) is 0 Å². The second-order valence-electron chi connectivity index (χ2n) is 3.98. The zero-order chi connectivity index (χ0) is 13.6. The lowest BCUT2D eigenvalue weighted by Crippen LogP contribution is -2.07. The second-order valence-corrected chi connectivity index (χ2v) is 3.98. The first-order valence-electron chi connectivity index (χ1n) is 5.88. The number of ether oxygens (including phenoxy) is 1. The highest BCUT2D eigenvalue weighted by Crippen LogP contribution is 2.31. The first-order valence-corrected chi connectivity index (χ1v) is 5.88. The molecule has 0 fully saturated rings. The number of alkyl halides is 3. The Bertz CT molecular complexity index is 363. The van der Waals surface area contributed by atoms with Crippen molar-refractivity contribution in [2.45, 2.75) is 32.0 Å². The molecule has 0 spiro atoms. The summed E-state index contributed by atoms with van der Waals surface area (Å²) >= 11 is 0.